The molecule has 2 aromatic heterocycles. The van der Waals surface area contributed by atoms with Crippen molar-refractivity contribution in [3.8, 4) is 5.69 Å². The molecular formula is C8H8N6O. The van der Waals surface area contributed by atoms with Gasteiger partial charge in [-0.1, -0.05) is 5.21 Å². The second kappa shape index (κ2) is 3.37. The monoisotopic (exact) mass is 204 g/mol. The van der Waals surface area contributed by atoms with Crippen molar-refractivity contribution in [3.05, 3.63) is 30.2 Å². The lowest BCUT2D eigenvalue weighted by Gasteiger charge is -2.00. The summed E-state index contributed by atoms with van der Waals surface area (Å²) in [5, 5.41) is 7.30. The van der Waals surface area contributed by atoms with Crippen LogP contribution in [0.25, 0.3) is 5.69 Å². The molecule has 2 aromatic rings. The number of nitrogen functional groups attached to an aromatic ring is 1. The maximum Gasteiger partial charge on any atom is 0.273 e. The molecule has 0 saturated heterocycles. The minimum absolute atomic E-state index is 0.0354. The number of pyridine rings is 1. The van der Waals surface area contributed by atoms with E-state index in [0.717, 1.165) is 0 Å². The summed E-state index contributed by atoms with van der Waals surface area (Å²) in [5.41, 5.74) is 11.3. The fourth-order valence-electron chi connectivity index (χ4n) is 1.14. The predicted octanol–water partition coefficient (Wildman–Crippen LogP) is -0.657. The van der Waals surface area contributed by atoms with E-state index in [4.69, 9.17) is 11.5 Å². The van der Waals surface area contributed by atoms with Crippen LogP contribution in [-0.4, -0.2) is 25.9 Å². The number of hydrogen-bond donors (Lipinski definition) is 2. The van der Waals surface area contributed by atoms with Gasteiger partial charge in [-0.15, -0.1) is 5.10 Å². The fraction of sp³-hybridized carbons (Fsp3) is 0. The Hall–Kier alpha value is -2.44. The van der Waals surface area contributed by atoms with Crippen molar-refractivity contribution >= 4 is 11.7 Å². The number of primary amides is 1. The molecule has 0 aromatic carbocycles. The summed E-state index contributed by atoms with van der Waals surface area (Å²) in [7, 11) is 0. The molecule has 2 rings (SSSR count). The van der Waals surface area contributed by atoms with E-state index in [9.17, 15) is 4.79 Å². The minimum Gasteiger partial charge on any atom is -0.382 e. The van der Waals surface area contributed by atoms with Crippen molar-refractivity contribution in [2.45, 2.75) is 0 Å². The second-order valence-electron chi connectivity index (χ2n) is 2.80. The van der Waals surface area contributed by atoms with E-state index in [0.29, 0.717) is 5.69 Å². The van der Waals surface area contributed by atoms with E-state index in [2.05, 4.69) is 15.3 Å². The molecule has 0 spiro atoms. The van der Waals surface area contributed by atoms with Crippen LogP contribution in [0.5, 0.6) is 0 Å². The summed E-state index contributed by atoms with van der Waals surface area (Å²) >= 11 is 0. The van der Waals surface area contributed by atoms with Gasteiger partial charge in [0.05, 0.1) is 5.69 Å². The third-order valence-corrected chi connectivity index (χ3v) is 1.85. The molecule has 0 aliphatic heterocycles. The van der Waals surface area contributed by atoms with Gasteiger partial charge in [0, 0.05) is 12.4 Å². The van der Waals surface area contributed by atoms with Crippen molar-refractivity contribution in [1.82, 2.24) is 20.0 Å². The van der Waals surface area contributed by atoms with Gasteiger partial charge in [0.25, 0.3) is 5.91 Å². The van der Waals surface area contributed by atoms with E-state index in [1.165, 1.54) is 4.68 Å². The van der Waals surface area contributed by atoms with Gasteiger partial charge in [-0.3, -0.25) is 9.78 Å². The third-order valence-electron chi connectivity index (χ3n) is 1.85. The van der Waals surface area contributed by atoms with Gasteiger partial charge in [0.15, 0.2) is 11.5 Å². The quantitative estimate of drug-likeness (QED) is 0.674. The summed E-state index contributed by atoms with van der Waals surface area (Å²) in [6.07, 6.45) is 3.17. The van der Waals surface area contributed by atoms with Gasteiger partial charge in [0.1, 0.15) is 0 Å². The van der Waals surface area contributed by atoms with Crippen LogP contribution in [-0.2, 0) is 0 Å². The maximum absolute atomic E-state index is 10.9. The average Bonchev–Trinajstić information content (AvgIpc) is 2.61. The lowest BCUT2D eigenvalue weighted by molar-refractivity contribution is 0.0996. The Labute approximate surface area is 84.7 Å². The first-order valence-corrected chi connectivity index (χ1v) is 4.11. The van der Waals surface area contributed by atoms with Crippen LogP contribution in [0.2, 0.25) is 0 Å². The van der Waals surface area contributed by atoms with E-state index in [1.54, 1.807) is 24.5 Å². The van der Waals surface area contributed by atoms with Crippen LogP contribution in [0.4, 0.5) is 5.82 Å². The molecule has 0 atom stereocenters. The van der Waals surface area contributed by atoms with Crippen LogP contribution >= 0.6 is 0 Å². The number of carbonyl (C=O) groups excluding carboxylic acids is 1. The lowest BCUT2D eigenvalue weighted by Crippen LogP contribution is -2.14. The van der Waals surface area contributed by atoms with Gasteiger partial charge in [-0.2, -0.15) is 4.68 Å². The highest BCUT2D eigenvalue weighted by Gasteiger charge is 2.14. The molecule has 2 heterocycles. The Kier molecular flexibility index (Phi) is 2.05. The number of amides is 1. The van der Waals surface area contributed by atoms with Gasteiger partial charge < -0.3 is 11.5 Å². The highest BCUT2D eigenvalue weighted by Crippen LogP contribution is 2.12. The van der Waals surface area contributed by atoms with Gasteiger partial charge in [-0.05, 0) is 12.1 Å². The average molecular weight is 204 g/mol. The molecule has 7 nitrogen and oxygen atoms in total. The lowest BCUT2D eigenvalue weighted by atomic mass is 10.4. The summed E-state index contributed by atoms with van der Waals surface area (Å²) < 4.78 is 1.32. The first kappa shape index (κ1) is 9.13. The smallest absolute Gasteiger partial charge is 0.273 e. The van der Waals surface area contributed by atoms with Crippen LogP contribution in [0.1, 0.15) is 10.5 Å². The number of nitrogens with zero attached hydrogens (tertiary/aromatic N) is 4. The molecule has 0 aliphatic rings. The molecule has 0 bridgehead atoms. The molecule has 0 fully saturated rings. The summed E-state index contributed by atoms with van der Waals surface area (Å²) in [6, 6.07) is 3.38. The number of carbonyl (C=O) groups is 1. The number of aromatic nitrogens is 4. The first-order valence-electron chi connectivity index (χ1n) is 4.11. The normalized spacial score (nSPS) is 10.1. The fourth-order valence-corrected chi connectivity index (χ4v) is 1.14. The van der Waals surface area contributed by atoms with Crippen molar-refractivity contribution in [3.63, 3.8) is 0 Å². The topological polar surface area (TPSA) is 113 Å². The standard InChI is InChI=1S/C8H8N6O/c9-7-6(8(10)15)12-13-14(7)5-1-3-11-4-2-5/h1-4H,9H2,(H2,10,15). The molecule has 15 heavy (non-hydrogen) atoms. The number of anilines is 1. The van der Waals surface area contributed by atoms with Crippen molar-refractivity contribution in [2.24, 2.45) is 5.73 Å². The Bertz CT molecular complexity index is 491. The minimum atomic E-state index is -0.701. The second-order valence-corrected chi connectivity index (χ2v) is 2.80. The van der Waals surface area contributed by atoms with Crippen LogP contribution in [0.15, 0.2) is 24.5 Å². The molecule has 1 amide bonds. The Morgan fingerprint density at radius 1 is 1.33 bits per heavy atom. The summed E-state index contributed by atoms with van der Waals surface area (Å²) in [5.74, 6) is -0.582. The highest BCUT2D eigenvalue weighted by molar-refractivity contribution is 5.95. The van der Waals surface area contributed by atoms with Crippen LogP contribution in [0.3, 0.4) is 0 Å². The van der Waals surface area contributed by atoms with E-state index in [1.807, 2.05) is 0 Å². The zero-order valence-electron chi connectivity index (χ0n) is 7.66. The molecule has 7 heteroatoms. The Balaban J connectivity index is 2.52. The Morgan fingerprint density at radius 2 is 2.00 bits per heavy atom. The molecule has 0 unspecified atom stereocenters. The highest BCUT2D eigenvalue weighted by atomic mass is 16.1. The molecule has 4 N–H and O–H groups in total. The van der Waals surface area contributed by atoms with Crippen LogP contribution < -0.4 is 11.5 Å². The zero-order valence-corrected chi connectivity index (χ0v) is 7.66. The Morgan fingerprint density at radius 3 is 2.53 bits per heavy atom. The van der Waals surface area contributed by atoms with Crippen LogP contribution in [0, 0.1) is 0 Å². The van der Waals surface area contributed by atoms with E-state index in [-0.39, 0.29) is 11.5 Å². The van der Waals surface area contributed by atoms with Crippen molar-refractivity contribution in [2.75, 3.05) is 5.73 Å². The molecule has 0 radical (unpaired) electrons. The van der Waals surface area contributed by atoms with E-state index < -0.39 is 5.91 Å². The van der Waals surface area contributed by atoms with Gasteiger partial charge >= 0.3 is 0 Å². The zero-order chi connectivity index (χ0) is 10.8. The first-order chi connectivity index (χ1) is 7.20. The van der Waals surface area contributed by atoms with Crippen molar-refractivity contribution < 1.29 is 4.79 Å². The summed E-state index contributed by atoms with van der Waals surface area (Å²) in [6.45, 7) is 0. The largest absolute Gasteiger partial charge is 0.382 e. The van der Waals surface area contributed by atoms with Gasteiger partial charge in [-0.25, -0.2) is 0 Å². The molecule has 0 aliphatic carbocycles. The number of hydrogen-bond acceptors (Lipinski definition) is 5. The third kappa shape index (κ3) is 1.50. The summed E-state index contributed by atoms with van der Waals surface area (Å²) in [4.78, 5) is 14.7. The maximum atomic E-state index is 10.9. The molecule has 76 valence electrons. The predicted molar refractivity (Wildman–Crippen MR) is 52.1 cm³/mol. The van der Waals surface area contributed by atoms with E-state index >= 15 is 0 Å². The van der Waals surface area contributed by atoms with Gasteiger partial charge in [0.2, 0.25) is 0 Å². The number of nitrogens with two attached hydrogens (primary N) is 2. The molecule has 0 saturated carbocycles. The number of rotatable bonds is 2. The molecular weight excluding hydrogens is 196 g/mol. The SMILES string of the molecule is NC(=O)c1nnn(-c2ccncc2)c1N. The van der Waals surface area contributed by atoms with Crippen molar-refractivity contribution in [1.29, 1.82) is 0 Å².